The molecule has 1 aromatic carbocycles. The monoisotopic (exact) mass is 291 g/mol. The highest BCUT2D eigenvalue weighted by atomic mass is 32.1. The molecule has 2 atom stereocenters. The second-order valence-electron chi connectivity index (χ2n) is 5.31. The smallest absolute Gasteiger partial charge is 0.187 e. The van der Waals surface area contributed by atoms with Crippen LogP contribution >= 0.6 is 12.2 Å². The molecular formula is C15H21N3OS. The molecule has 108 valence electrons. The first-order valence-electron chi connectivity index (χ1n) is 7.04. The predicted octanol–water partition coefficient (Wildman–Crippen LogP) is 2.77. The van der Waals surface area contributed by atoms with Crippen molar-refractivity contribution in [2.75, 3.05) is 0 Å². The van der Waals surface area contributed by atoms with Crippen molar-refractivity contribution < 1.29 is 5.11 Å². The van der Waals surface area contributed by atoms with Crippen molar-refractivity contribution in [2.24, 2.45) is 11.0 Å². The average Bonchev–Trinajstić information content (AvgIpc) is 2.41. The Balaban J connectivity index is 1.80. The topological polar surface area (TPSA) is 56.7 Å². The molecule has 1 fully saturated rings. The molecule has 0 aromatic heterocycles. The van der Waals surface area contributed by atoms with Crippen molar-refractivity contribution in [1.82, 2.24) is 10.7 Å². The number of hydrazone groups is 1. The number of hydrogen-bond donors (Lipinski definition) is 3. The molecule has 0 spiro atoms. The van der Waals surface area contributed by atoms with E-state index in [-0.39, 0.29) is 5.75 Å². The second kappa shape index (κ2) is 7.24. The molecule has 0 bridgehead atoms. The fourth-order valence-electron chi connectivity index (χ4n) is 2.50. The Hall–Kier alpha value is -1.62. The molecule has 1 aliphatic carbocycles. The first-order valence-corrected chi connectivity index (χ1v) is 7.44. The Bertz CT molecular complexity index is 490. The van der Waals surface area contributed by atoms with Gasteiger partial charge in [-0.15, -0.1) is 0 Å². The third kappa shape index (κ3) is 4.49. The molecule has 20 heavy (non-hydrogen) atoms. The number of phenols is 1. The summed E-state index contributed by atoms with van der Waals surface area (Å²) in [5, 5.41) is 17.3. The number of benzene rings is 1. The molecule has 3 N–H and O–H groups in total. The van der Waals surface area contributed by atoms with Gasteiger partial charge in [-0.3, -0.25) is 5.43 Å². The average molecular weight is 291 g/mol. The lowest BCUT2D eigenvalue weighted by molar-refractivity contribution is 0.308. The second-order valence-corrected chi connectivity index (χ2v) is 5.71. The van der Waals surface area contributed by atoms with E-state index in [0.717, 1.165) is 5.56 Å². The van der Waals surface area contributed by atoms with E-state index >= 15 is 0 Å². The summed E-state index contributed by atoms with van der Waals surface area (Å²) in [7, 11) is 0. The van der Waals surface area contributed by atoms with Crippen molar-refractivity contribution >= 4 is 23.5 Å². The van der Waals surface area contributed by atoms with Crippen molar-refractivity contribution in [1.29, 1.82) is 0 Å². The first-order chi connectivity index (χ1) is 9.65. The van der Waals surface area contributed by atoms with Gasteiger partial charge in [-0.2, -0.15) is 5.10 Å². The molecule has 0 aliphatic heterocycles. The quantitative estimate of drug-likeness (QED) is 0.455. The fourth-order valence-corrected chi connectivity index (χ4v) is 2.71. The summed E-state index contributed by atoms with van der Waals surface area (Å²) in [6.07, 6.45) is 6.64. The zero-order chi connectivity index (χ0) is 14.4. The summed E-state index contributed by atoms with van der Waals surface area (Å²) in [4.78, 5) is 0. The van der Waals surface area contributed by atoms with Crippen LogP contribution in [0.3, 0.4) is 0 Å². The van der Waals surface area contributed by atoms with E-state index in [1.165, 1.54) is 25.7 Å². The standard InChI is InChI=1S/C15H21N3OS/c1-11-5-2-3-8-14(11)17-15(20)18-16-10-12-6-4-7-13(19)9-12/h4,6-7,9-11,14,19H,2-3,5,8H2,1H3,(H2,17,18,20)/b16-10-/t11-,14-/m1/s1. The van der Waals surface area contributed by atoms with Crippen LogP contribution in [0.15, 0.2) is 29.4 Å². The lowest BCUT2D eigenvalue weighted by Crippen LogP contribution is -2.44. The predicted molar refractivity (Wildman–Crippen MR) is 86.0 cm³/mol. The Morgan fingerprint density at radius 2 is 2.20 bits per heavy atom. The van der Waals surface area contributed by atoms with Crippen molar-refractivity contribution in [3.63, 3.8) is 0 Å². The number of hydrogen-bond acceptors (Lipinski definition) is 3. The minimum Gasteiger partial charge on any atom is -0.508 e. The molecular weight excluding hydrogens is 270 g/mol. The van der Waals surface area contributed by atoms with E-state index < -0.39 is 0 Å². The van der Waals surface area contributed by atoms with Gasteiger partial charge in [0.15, 0.2) is 5.11 Å². The number of aromatic hydroxyl groups is 1. The first kappa shape index (κ1) is 14.8. The maximum Gasteiger partial charge on any atom is 0.187 e. The maximum absolute atomic E-state index is 9.35. The SMILES string of the molecule is C[C@@H]1CCCC[C@H]1NC(=S)N/N=C\c1cccc(O)c1. The van der Waals surface area contributed by atoms with Gasteiger partial charge < -0.3 is 10.4 Å². The van der Waals surface area contributed by atoms with E-state index in [4.69, 9.17) is 12.2 Å². The van der Waals surface area contributed by atoms with Crippen molar-refractivity contribution in [3.05, 3.63) is 29.8 Å². The minimum atomic E-state index is 0.227. The van der Waals surface area contributed by atoms with E-state index in [9.17, 15) is 5.11 Å². The van der Waals surface area contributed by atoms with Gasteiger partial charge in [0.05, 0.1) is 6.21 Å². The lowest BCUT2D eigenvalue weighted by atomic mass is 9.86. The molecule has 0 heterocycles. The summed E-state index contributed by atoms with van der Waals surface area (Å²) in [5.74, 6) is 0.879. The third-order valence-electron chi connectivity index (χ3n) is 3.68. The summed E-state index contributed by atoms with van der Waals surface area (Å²) < 4.78 is 0. The van der Waals surface area contributed by atoms with Gasteiger partial charge in [0.25, 0.3) is 0 Å². The molecule has 5 heteroatoms. The molecule has 0 saturated heterocycles. The minimum absolute atomic E-state index is 0.227. The highest BCUT2D eigenvalue weighted by molar-refractivity contribution is 7.80. The highest BCUT2D eigenvalue weighted by Gasteiger charge is 2.21. The van der Waals surface area contributed by atoms with Gasteiger partial charge in [0.2, 0.25) is 0 Å². The molecule has 1 saturated carbocycles. The number of phenolic OH excluding ortho intramolecular Hbond substituents is 1. The van der Waals surface area contributed by atoms with Crippen molar-refractivity contribution in [2.45, 2.75) is 38.6 Å². The van der Waals surface area contributed by atoms with Crippen molar-refractivity contribution in [3.8, 4) is 5.75 Å². The molecule has 2 rings (SSSR count). The van der Waals surface area contributed by atoms with E-state index in [0.29, 0.717) is 17.1 Å². The lowest BCUT2D eigenvalue weighted by Gasteiger charge is -2.30. The number of rotatable bonds is 3. The van der Waals surface area contributed by atoms with E-state index in [1.54, 1.807) is 24.4 Å². The largest absolute Gasteiger partial charge is 0.508 e. The zero-order valence-corrected chi connectivity index (χ0v) is 12.5. The van der Waals surface area contributed by atoms with Gasteiger partial charge in [-0.1, -0.05) is 31.9 Å². The van der Waals surface area contributed by atoms with Gasteiger partial charge in [-0.05, 0) is 48.7 Å². The number of nitrogens with zero attached hydrogens (tertiary/aromatic N) is 1. The molecule has 0 radical (unpaired) electrons. The zero-order valence-electron chi connectivity index (χ0n) is 11.7. The normalized spacial score (nSPS) is 22.6. The number of nitrogens with one attached hydrogen (secondary N) is 2. The maximum atomic E-state index is 9.35. The van der Waals surface area contributed by atoms with E-state index in [1.807, 2.05) is 6.07 Å². The number of thiocarbonyl (C=S) groups is 1. The van der Waals surface area contributed by atoms with Gasteiger partial charge in [0, 0.05) is 6.04 Å². The summed E-state index contributed by atoms with van der Waals surface area (Å²) in [6.45, 7) is 2.26. The fraction of sp³-hybridized carbons (Fsp3) is 0.467. The molecule has 1 aliphatic rings. The summed E-state index contributed by atoms with van der Waals surface area (Å²) >= 11 is 5.24. The van der Waals surface area contributed by atoms with Gasteiger partial charge in [-0.25, -0.2) is 0 Å². The van der Waals surface area contributed by atoms with Crippen LogP contribution in [0.4, 0.5) is 0 Å². The Labute approximate surface area is 125 Å². The van der Waals surface area contributed by atoms with Crippen LogP contribution in [0.1, 0.15) is 38.2 Å². The van der Waals surface area contributed by atoms with Crippen LogP contribution in [0.25, 0.3) is 0 Å². The summed E-state index contributed by atoms with van der Waals surface area (Å²) in [6, 6.07) is 7.35. The van der Waals surface area contributed by atoms with Crippen LogP contribution in [-0.2, 0) is 0 Å². The van der Waals surface area contributed by atoms with Gasteiger partial charge in [0.1, 0.15) is 5.75 Å². The van der Waals surface area contributed by atoms with Crippen LogP contribution in [0, 0.1) is 5.92 Å². The van der Waals surface area contributed by atoms with Gasteiger partial charge >= 0.3 is 0 Å². The van der Waals surface area contributed by atoms with Crippen LogP contribution in [-0.4, -0.2) is 22.5 Å². The Kier molecular flexibility index (Phi) is 5.35. The Morgan fingerprint density at radius 3 is 2.95 bits per heavy atom. The third-order valence-corrected chi connectivity index (χ3v) is 3.89. The molecule has 4 nitrogen and oxygen atoms in total. The Morgan fingerprint density at radius 1 is 1.40 bits per heavy atom. The molecule has 1 aromatic rings. The van der Waals surface area contributed by atoms with Crippen LogP contribution < -0.4 is 10.7 Å². The molecule has 0 unspecified atom stereocenters. The van der Waals surface area contributed by atoms with Crippen LogP contribution in [0.5, 0.6) is 5.75 Å². The molecule has 0 amide bonds. The summed E-state index contributed by atoms with van der Waals surface area (Å²) in [5.41, 5.74) is 3.65. The van der Waals surface area contributed by atoms with Crippen LogP contribution in [0.2, 0.25) is 0 Å². The highest BCUT2D eigenvalue weighted by Crippen LogP contribution is 2.23. The van der Waals surface area contributed by atoms with E-state index in [2.05, 4.69) is 22.8 Å².